The van der Waals surface area contributed by atoms with Crippen molar-refractivity contribution in [1.82, 2.24) is 0 Å². The lowest BCUT2D eigenvalue weighted by molar-refractivity contribution is 0.872. The summed E-state index contributed by atoms with van der Waals surface area (Å²) in [6, 6.07) is 0. The summed E-state index contributed by atoms with van der Waals surface area (Å²) in [7, 11) is 5.82. The molecule has 0 amide bonds. The molecule has 0 saturated heterocycles. The molecule has 0 atom stereocenters. The molecule has 0 nitrogen and oxygen atoms in total. The zero-order chi connectivity index (χ0) is 7.82. The Hall–Kier alpha value is 0.495. The van der Waals surface area contributed by atoms with E-state index in [-0.39, 0.29) is 7.80 Å². The highest BCUT2D eigenvalue weighted by atomic mass is 31.1. The van der Waals surface area contributed by atoms with E-state index >= 15 is 0 Å². The minimum Gasteiger partial charge on any atom is -0.579 e. The van der Waals surface area contributed by atoms with Gasteiger partial charge in [-0.3, -0.25) is 0 Å². The van der Waals surface area contributed by atoms with Gasteiger partial charge in [0.05, 0.1) is 0 Å². The SMILES string of the molecule is [B-]P(CCCC)CCCC. The first-order chi connectivity index (χ1) is 4.81. The first-order valence-electron chi connectivity index (χ1n) is 4.30. The van der Waals surface area contributed by atoms with Gasteiger partial charge in [-0.05, 0) is 0 Å². The van der Waals surface area contributed by atoms with E-state index in [1.54, 1.807) is 0 Å². The van der Waals surface area contributed by atoms with Crippen LogP contribution < -0.4 is 0 Å². The monoisotopic (exact) mass is 156 g/mol. The molecule has 0 bridgehead atoms. The molecule has 0 N–H and O–H groups in total. The number of hydrogen-bond acceptors (Lipinski definition) is 0. The molecule has 0 unspecified atom stereocenters. The highest BCUT2D eigenvalue weighted by Gasteiger charge is 1.86. The van der Waals surface area contributed by atoms with E-state index in [0.29, 0.717) is 0 Å². The number of unbranched alkanes of at least 4 members (excludes halogenated alkanes) is 2. The van der Waals surface area contributed by atoms with Crippen LogP contribution in [0.1, 0.15) is 39.5 Å². The average molecular weight is 156 g/mol. The van der Waals surface area contributed by atoms with Crippen LogP contribution in [-0.2, 0) is 0 Å². The van der Waals surface area contributed by atoms with Crippen LogP contribution in [0.15, 0.2) is 0 Å². The Morgan fingerprint density at radius 3 is 1.70 bits per heavy atom. The fraction of sp³-hybridized carbons (Fsp3) is 1.00. The Bertz CT molecular complexity index is 58.3. The Morgan fingerprint density at radius 1 is 1.00 bits per heavy atom. The summed E-state index contributed by atoms with van der Waals surface area (Å²) in [5.74, 6) is 0. The summed E-state index contributed by atoms with van der Waals surface area (Å²) in [5.41, 5.74) is 0. The standard InChI is InChI=1S/C8H18BP/c1-3-5-7-10(9)8-6-4-2/h3-8H2,1-2H3/q-1. The zero-order valence-corrected chi connectivity index (χ0v) is 8.16. The summed E-state index contributed by atoms with van der Waals surface area (Å²) in [6.07, 6.45) is 7.81. The molecule has 0 aliphatic rings. The van der Waals surface area contributed by atoms with E-state index in [2.05, 4.69) is 13.8 Å². The normalized spacial score (nSPS) is 10.8. The topological polar surface area (TPSA) is 0 Å². The van der Waals surface area contributed by atoms with Crippen LogP contribution >= 0.6 is 7.80 Å². The van der Waals surface area contributed by atoms with E-state index in [1.807, 2.05) is 0 Å². The van der Waals surface area contributed by atoms with Crippen LogP contribution in [0.4, 0.5) is 0 Å². The van der Waals surface area contributed by atoms with E-state index in [1.165, 1.54) is 38.0 Å². The van der Waals surface area contributed by atoms with Gasteiger partial charge in [0.25, 0.3) is 0 Å². The summed E-state index contributed by atoms with van der Waals surface area (Å²) in [4.78, 5) is 0. The molecule has 0 aromatic rings. The molecule has 0 aliphatic carbocycles. The molecule has 59 valence electrons. The Kier molecular flexibility index (Phi) is 7.98. The van der Waals surface area contributed by atoms with Gasteiger partial charge in [-0.2, -0.15) is 0 Å². The van der Waals surface area contributed by atoms with E-state index < -0.39 is 0 Å². The van der Waals surface area contributed by atoms with E-state index in [4.69, 9.17) is 7.57 Å². The lowest BCUT2D eigenvalue weighted by Gasteiger charge is -2.26. The van der Waals surface area contributed by atoms with Gasteiger partial charge in [0, 0.05) is 0 Å². The molecule has 10 heavy (non-hydrogen) atoms. The maximum Gasteiger partial charge on any atom is -0.0530 e. The first-order valence-corrected chi connectivity index (χ1v) is 6.09. The third kappa shape index (κ3) is 6.61. The fourth-order valence-electron chi connectivity index (χ4n) is 0.834. The van der Waals surface area contributed by atoms with Gasteiger partial charge >= 0.3 is 0 Å². The second kappa shape index (κ2) is 7.60. The van der Waals surface area contributed by atoms with Crippen LogP contribution in [0.25, 0.3) is 0 Å². The molecule has 0 aliphatic heterocycles. The van der Waals surface area contributed by atoms with Gasteiger partial charge in [-0.15, -0.1) is 0 Å². The van der Waals surface area contributed by atoms with Crippen molar-refractivity contribution in [3.8, 4) is 0 Å². The molecular formula is C8H18BP-. The molecule has 0 saturated carbocycles. The molecule has 0 aromatic carbocycles. The van der Waals surface area contributed by atoms with Crippen molar-refractivity contribution in [2.24, 2.45) is 0 Å². The van der Waals surface area contributed by atoms with Gasteiger partial charge in [0.15, 0.2) is 0 Å². The summed E-state index contributed by atoms with van der Waals surface area (Å²) >= 11 is 0. The van der Waals surface area contributed by atoms with Gasteiger partial charge < -0.3 is 15.4 Å². The van der Waals surface area contributed by atoms with Crippen molar-refractivity contribution in [3.63, 3.8) is 0 Å². The molecule has 0 fully saturated rings. The van der Waals surface area contributed by atoms with Crippen LogP contribution in [0.3, 0.4) is 0 Å². The molecule has 0 spiro atoms. The smallest absolute Gasteiger partial charge is 0.0530 e. The Morgan fingerprint density at radius 2 is 1.40 bits per heavy atom. The second-order valence-electron chi connectivity index (χ2n) is 2.74. The predicted molar refractivity (Wildman–Crippen MR) is 52.2 cm³/mol. The number of rotatable bonds is 6. The number of hydrogen-bond donors (Lipinski definition) is 0. The van der Waals surface area contributed by atoms with Gasteiger partial charge in [0.2, 0.25) is 0 Å². The molecule has 0 rings (SSSR count). The second-order valence-corrected chi connectivity index (χ2v) is 4.82. The van der Waals surface area contributed by atoms with Crippen LogP contribution in [0, 0.1) is 0 Å². The molecular weight excluding hydrogens is 138 g/mol. The van der Waals surface area contributed by atoms with Crippen molar-refractivity contribution in [1.29, 1.82) is 0 Å². The maximum absolute atomic E-state index is 5.91. The molecule has 0 aromatic heterocycles. The summed E-state index contributed by atoms with van der Waals surface area (Å²) < 4.78 is 0. The van der Waals surface area contributed by atoms with Gasteiger partial charge in [-0.1, -0.05) is 51.9 Å². The third-order valence-corrected chi connectivity index (χ3v) is 3.38. The minimum atomic E-state index is -0.0923. The Labute approximate surface area is 67.9 Å². The molecule has 0 heterocycles. The minimum absolute atomic E-state index is 0.0923. The zero-order valence-electron chi connectivity index (χ0n) is 7.27. The van der Waals surface area contributed by atoms with Crippen LogP contribution in [0.5, 0.6) is 0 Å². The van der Waals surface area contributed by atoms with E-state index in [9.17, 15) is 0 Å². The van der Waals surface area contributed by atoms with Crippen molar-refractivity contribution in [2.75, 3.05) is 12.3 Å². The third-order valence-electron chi connectivity index (χ3n) is 1.60. The van der Waals surface area contributed by atoms with Crippen molar-refractivity contribution >= 4 is 15.4 Å². The largest absolute Gasteiger partial charge is 0.579 e. The van der Waals surface area contributed by atoms with E-state index in [0.717, 1.165) is 0 Å². The van der Waals surface area contributed by atoms with Crippen molar-refractivity contribution in [2.45, 2.75) is 39.5 Å². The highest BCUT2D eigenvalue weighted by molar-refractivity contribution is 7.82. The maximum atomic E-state index is 5.91. The van der Waals surface area contributed by atoms with Crippen molar-refractivity contribution in [3.05, 3.63) is 0 Å². The summed E-state index contributed by atoms with van der Waals surface area (Å²) in [6.45, 7) is 4.45. The van der Waals surface area contributed by atoms with Gasteiger partial charge in [-0.25, -0.2) is 0 Å². The van der Waals surface area contributed by atoms with Gasteiger partial charge in [0.1, 0.15) is 0 Å². The molecule has 3 radical (unpaired) electrons. The fourth-order valence-corrected chi connectivity index (χ4v) is 2.50. The highest BCUT2D eigenvalue weighted by Crippen LogP contribution is 2.31. The van der Waals surface area contributed by atoms with Crippen LogP contribution in [-0.4, -0.2) is 19.9 Å². The van der Waals surface area contributed by atoms with Crippen LogP contribution in [0.2, 0.25) is 0 Å². The summed E-state index contributed by atoms with van der Waals surface area (Å²) in [5, 5.41) is 0. The van der Waals surface area contributed by atoms with Crippen molar-refractivity contribution < 1.29 is 0 Å². The first kappa shape index (κ1) is 10.5. The quantitative estimate of drug-likeness (QED) is 0.409. The lowest BCUT2D eigenvalue weighted by Crippen LogP contribution is -1.89. The predicted octanol–water partition coefficient (Wildman–Crippen LogP) is 3.15. The lowest BCUT2D eigenvalue weighted by atomic mass is 10.4. The Balaban J connectivity index is 3.00. The molecule has 2 heteroatoms. The average Bonchev–Trinajstić information content (AvgIpc) is 1.97.